The number of carbonyl (C=O) groups is 1. The van der Waals surface area contributed by atoms with Crippen molar-refractivity contribution < 1.29 is 9.53 Å². The summed E-state index contributed by atoms with van der Waals surface area (Å²) in [5.41, 5.74) is 2.92. The van der Waals surface area contributed by atoms with Gasteiger partial charge in [-0.05, 0) is 68.8 Å². The Bertz CT molecular complexity index is 997. The Labute approximate surface area is 229 Å². The van der Waals surface area contributed by atoms with Gasteiger partial charge in [-0.1, -0.05) is 67.1 Å². The van der Waals surface area contributed by atoms with Crippen molar-refractivity contribution in [2.24, 2.45) is 5.92 Å². The van der Waals surface area contributed by atoms with Crippen molar-refractivity contribution in [2.45, 2.75) is 68.4 Å². The molecule has 3 aliphatic carbocycles. The van der Waals surface area contributed by atoms with Crippen LogP contribution in [0.4, 0.5) is 0 Å². The van der Waals surface area contributed by atoms with Gasteiger partial charge in [-0.3, -0.25) is 9.69 Å². The van der Waals surface area contributed by atoms with Crippen LogP contribution in [0.25, 0.3) is 0 Å². The maximum atomic E-state index is 13.4. The fourth-order valence-corrected chi connectivity index (χ4v) is 8.16. The lowest BCUT2D eigenvalue weighted by Crippen LogP contribution is -2.64. The van der Waals surface area contributed by atoms with Crippen LogP contribution in [0.1, 0.15) is 67.9 Å². The summed E-state index contributed by atoms with van der Waals surface area (Å²) in [6.07, 6.45) is 7.72. The fraction of sp³-hybridized carbons (Fsp3) is 0.606. The molecular weight excluding hydrogens is 470 g/mol. The molecule has 38 heavy (non-hydrogen) atoms. The summed E-state index contributed by atoms with van der Waals surface area (Å²) in [7, 11) is 2.17. The van der Waals surface area contributed by atoms with Gasteiger partial charge in [-0.2, -0.15) is 0 Å². The lowest BCUT2D eigenvalue weighted by molar-refractivity contribution is -0.170. The van der Waals surface area contributed by atoms with Crippen molar-refractivity contribution in [3.05, 3.63) is 71.8 Å². The van der Waals surface area contributed by atoms with E-state index in [1.165, 1.54) is 56.3 Å². The molecule has 2 heterocycles. The van der Waals surface area contributed by atoms with Crippen molar-refractivity contribution >= 4 is 5.97 Å². The van der Waals surface area contributed by atoms with E-state index in [0.717, 1.165) is 39.1 Å². The molecule has 5 fully saturated rings. The van der Waals surface area contributed by atoms with Gasteiger partial charge in [-0.25, -0.2) is 0 Å². The van der Waals surface area contributed by atoms with Gasteiger partial charge in [0.25, 0.3) is 0 Å². The van der Waals surface area contributed by atoms with Gasteiger partial charge in [0.15, 0.2) is 0 Å². The van der Waals surface area contributed by atoms with E-state index < -0.39 is 0 Å². The predicted molar refractivity (Wildman–Crippen MR) is 152 cm³/mol. The molecule has 204 valence electrons. The molecule has 0 amide bonds. The molecule has 2 aromatic rings. The van der Waals surface area contributed by atoms with E-state index in [0.29, 0.717) is 24.2 Å². The average molecular weight is 516 g/mol. The molecule has 5 nitrogen and oxygen atoms in total. The second kappa shape index (κ2) is 11.5. The van der Waals surface area contributed by atoms with Crippen molar-refractivity contribution in [1.29, 1.82) is 0 Å². The smallest absolute Gasteiger partial charge is 0.307 e. The van der Waals surface area contributed by atoms with Gasteiger partial charge in [0.05, 0.1) is 6.42 Å². The lowest BCUT2D eigenvalue weighted by atomic mass is 9.51. The minimum atomic E-state index is -0.0326. The number of carbonyl (C=O) groups excluding carboxylic acids is 1. The Balaban J connectivity index is 1.29. The Kier molecular flexibility index (Phi) is 7.87. The normalized spacial score (nSPS) is 32.8. The van der Waals surface area contributed by atoms with Gasteiger partial charge < -0.3 is 14.5 Å². The quantitative estimate of drug-likeness (QED) is 0.477. The number of rotatable bonds is 7. The van der Waals surface area contributed by atoms with Gasteiger partial charge in [0, 0.05) is 50.6 Å². The molecule has 0 N–H and O–H groups in total. The molecule has 5 aliphatic rings. The van der Waals surface area contributed by atoms with E-state index in [2.05, 4.69) is 82.4 Å². The summed E-state index contributed by atoms with van der Waals surface area (Å²) in [6.45, 7) is 7.41. The highest BCUT2D eigenvalue weighted by Crippen LogP contribution is 2.60. The summed E-state index contributed by atoms with van der Waals surface area (Å²) in [6, 6.07) is 22.2. The number of piperidine rings is 1. The summed E-state index contributed by atoms with van der Waals surface area (Å²) < 4.78 is 6.55. The monoisotopic (exact) mass is 515 g/mol. The number of nitrogens with zero attached hydrogens (tertiary/aromatic N) is 3. The number of esters is 1. The van der Waals surface area contributed by atoms with Crippen LogP contribution >= 0.6 is 0 Å². The van der Waals surface area contributed by atoms with Crippen molar-refractivity contribution in [3.8, 4) is 0 Å². The standard InChI is InChI=1S/C33H45N3O2/c1-34-19-21-35(22-20-34)18-15-31(37)38-30-25-33(36-16-9-4-10-17-36)23-28(26-11-5-2-6-12-26)32(30)29(24-33)27-13-7-3-8-14-27/h2-3,5-8,11-14,28-30,32H,4,9-10,15-25H2,1H3/t28?,29?,30-,32?,33?/m0/s1. The maximum Gasteiger partial charge on any atom is 0.307 e. The van der Waals surface area contributed by atoms with E-state index in [4.69, 9.17) is 4.74 Å². The van der Waals surface area contributed by atoms with Crippen LogP contribution in [0.3, 0.4) is 0 Å². The maximum absolute atomic E-state index is 13.4. The number of ether oxygens (including phenoxy) is 1. The molecule has 2 saturated heterocycles. The molecule has 2 aromatic carbocycles. The summed E-state index contributed by atoms with van der Waals surface area (Å²) in [5.74, 6) is 1.12. The van der Waals surface area contributed by atoms with Gasteiger partial charge in [-0.15, -0.1) is 0 Å². The summed E-state index contributed by atoms with van der Waals surface area (Å²) in [5, 5.41) is 0. The molecule has 7 rings (SSSR count). The van der Waals surface area contributed by atoms with E-state index >= 15 is 0 Å². The Morgan fingerprint density at radius 2 is 1.37 bits per heavy atom. The molecular formula is C33H45N3O2. The van der Waals surface area contributed by atoms with E-state index in [1.807, 2.05) is 0 Å². The summed E-state index contributed by atoms with van der Waals surface area (Å²) >= 11 is 0. The zero-order valence-corrected chi connectivity index (χ0v) is 23.1. The lowest BCUT2D eigenvalue weighted by Gasteiger charge is -2.62. The third-order valence-corrected chi connectivity index (χ3v) is 10.1. The first-order valence-corrected chi connectivity index (χ1v) is 15.1. The number of benzene rings is 2. The van der Waals surface area contributed by atoms with E-state index in [-0.39, 0.29) is 17.6 Å². The number of piperazine rings is 1. The van der Waals surface area contributed by atoms with E-state index in [1.54, 1.807) is 0 Å². The number of likely N-dealkylation sites (N-methyl/N-ethyl adjacent to an activating group) is 1. The van der Waals surface area contributed by atoms with Gasteiger partial charge in [0.2, 0.25) is 0 Å². The average Bonchev–Trinajstić information content (AvgIpc) is 2.98. The molecule has 3 atom stereocenters. The predicted octanol–water partition coefficient (Wildman–Crippen LogP) is 5.14. The summed E-state index contributed by atoms with van der Waals surface area (Å²) in [4.78, 5) is 21.0. The number of fused-ring (bicyclic) bond motifs is 3. The topological polar surface area (TPSA) is 36.0 Å². The number of likely N-dealkylation sites (tertiary alicyclic amines) is 1. The second-order valence-corrected chi connectivity index (χ2v) is 12.4. The van der Waals surface area contributed by atoms with Crippen molar-refractivity contribution in [2.75, 3.05) is 52.9 Å². The van der Waals surface area contributed by atoms with Crippen LogP contribution in [0, 0.1) is 5.92 Å². The first-order chi connectivity index (χ1) is 18.6. The Hall–Kier alpha value is -2.21. The van der Waals surface area contributed by atoms with Crippen molar-refractivity contribution in [1.82, 2.24) is 14.7 Å². The minimum Gasteiger partial charge on any atom is -0.462 e. The largest absolute Gasteiger partial charge is 0.462 e. The molecule has 0 spiro atoms. The zero-order chi connectivity index (χ0) is 26.0. The van der Waals surface area contributed by atoms with Gasteiger partial charge >= 0.3 is 5.97 Å². The SMILES string of the molecule is CN1CCN(CCC(=O)O[C@H]2CC3(N4CCCCC4)CC(c4ccccc4)C2C(c2ccccc2)C3)CC1. The molecule has 2 aliphatic heterocycles. The third-order valence-electron chi connectivity index (χ3n) is 10.1. The second-order valence-electron chi connectivity index (χ2n) is 12.4. The highest BCUT2D eigenvalue weighted by atomic mass is 16.5. The van der Waals surface area contributed by atoms with Crippen LogP contribution in [0.5, 0.6) is 0 Å². The minimum absolute atomic E-state index is 0.00565. The zero-order valence-electron chi connectivity index (χ0n) is 23.1. The van der Waals surface area contributed by atoms with Crippen LogP contribution in [0.2, 0.25) is 0 Å². The number of hydrogen-bond donors (Lipinski definition) is 0. The van der Waals surface area contributed by atoms with E-state index in [9.17, 15) is 4.79 Å². The molecule has 5 heteroatoms. The first kappa shape index (κ1) is 26.0. The number of hydrogen-bond acceptors (Lipinski definition) is 5. The first-order valence-electron chi connectivity index (χ1n) is 15.1. The molecule has 0 aromatic heterocycles. The van der Waals surface area contributed by atoms with Gasteiger partial charge in [0.1, 0.15) is 6.10 Å². The van der Waals surface area contributed by atoms with Crippen LogP contribution in [0.15, 0.2) is 60.7 Å². The van der Waals surface area contributed by atoms with Crippen LogP contribution in [-0.2, 0) is 9.53 Å². The Morgan fingerprint density at radius 1 is 0.789 bits per heavy atom. The molecule has 0 radical (unpaired) electrons. The Morgan fingerprint density at radius 3 is 1.95 bits per heavy atom. The highest BCUT2D eigenvalue weighted by Gasteiger charge is 2.59. The van der Waals surface area contributed by atoms with Crippen LogP contribution < -0.4 is 0 Å². The van der Waals surface area contributed by atoms with Crippen molar-refractivity contribution in [3.63, 3.8) is 0 Å². The third kappa shape index (κ3) is 5.43. The highest BCUT2D eigenvalue weighted by molar-refractivity contribution is 5.70. The molecule has 2 bridgehead atoms. The molecule has 3 saturated carbocycles. The fourth-order valence-electron chi connectivity index (χ4n) is 8.16. The van der Waals surface area contributed by atoms with Crippen LogP contribution in [-0.4, -0.2) is 85.2 Å². The molecule has 2 unspecified atom stereocenters.